The number of ether oxygens (including phenoxy) is 2. The predicted molar refractivity (Wildman–Crippen MR) is 90.9 cm³/mol. The lowest BCUT2D eigenvalue weighted by atomic mass is 10.1. The van der Waals surface area contributed by atoms with Gasteiger partial charge in [0.05, 0.1) is 38.2 Å². The topological polar surface area (TPSA) is 60.3 Å². The molecule has 1 N–H and O–H groups in total. The van der Waals surface area contributed by atoms with Gasteiger partial charge in [0.2, 0.25) is 10.0 Å². The maximum atomic E-state index is 12.7. The molecule has 1 aromatic rings. The molecule has 0 saturated carbocycles. The third kappa shape index (κ3) is 4.08. The standard InChI is InChI=1S/C17H26N2O4S/c1-22-15-5-7-17(8-6-15)24(20,21)19-11-9-18(10-12-19)14-16-4-2-3-13-23-16/h5-8,16H,2-4,9-14H2,1H3/p+1/t16-/m0/s1. The van der Waals surface area contributed by atoms with Gasteiger partial charge in [0.1, 0.15) is 18.4 Å². The Kier molecular flexibility index (Phi) is 5.76. The molecule has 2 aliphatic heterocycles. The molecular weight excluding hydrogens is 328 g/mol. The van der Waals surface area contributed by atoms with E-state index in [1.54, 1.807) is 35.7 Å². The Morgan fingerprint density at radius 1 is 1.21 bits per heavy atom. The second kappa shape index (κ2) is 7.82. The Morgan fingerprint density at radius 2 is 1.92 bits per heavy atom. The van der Waals surface area contributed by atoms with Crippen LogP contribution in [0.25, 0.3) is 0 Å². The Bertz CT molecular complexity index is 618. The summed E-state index contributed by atoms with van der Waals surface area (Å²) in [6.45, 7) is 4.68. The van der Waals surface area contributed by atoms with E-state index < -0.39 is 10.0 Å². The van der Waals surface area contributed by atoms with Crippen LogP contribution < -0.4 is 9.64 Å². The van der Waals surface area contributed by atoms with Crippen LogP contribution in [0.4, 0.5) is 0 Å². The number of hydrogen-bond donors (Lipinski definition) is 1. The summed E-state index contributed by atoms with van der Waals surface area (Å²) < 4.78 is 38.0. The first-order valence-electron chi connectivity index (χ1n) is 8.69. The summed E-state index contributed by atoms with van der Waals surface area (Å²) in [7, 11) is -1.84. The number of nitrogens with zero attached hydrogens (tertiary/aromatic N) is 1. The van der Waals surface area contributed by atoms with E-state index in [1.165, 1.54) is 17.7 Å². The molecule has 2 heterocycles. The van der Waals surface area contributed by atoms with Crippen molar-refractivity contribution in [3.05, 3.63) is 24.3 Å². The fourth-order valence-corrected chi connectivity index (χ4v) is 4.88. The summed E-state index contributed by atoms with van der Waals surface area (Å²) in [5.74, 6) is 0.663. The highest BCUT2D eigenvalue weighted by atomic mass is 32.2. The molecule has 0 aromatic heterocycles. The van der Waals surface area contributed by atoms with E-state index in [0.29, 0.717) is 29.8 Å². The van der Waals surface area contributed by atoms with Crippen molar-refractivity contribution in [3.8, 4) is 5.75 Å². The normalized spacial score (nSPS) is 24.0. The van der Waals surface area contributed by atoms with Crippen LogP contribution in [0.15, 0.2) is 29.2 Å². The smallest absolute Gasteiger partial charge is 0.243 e. The number of quaternary nitrogens is 1. The summed E-state index contributed by atoms with van der Waals surface area (Å²) in [6, 6.07) is 6.61. The van der Waals surface area contributed by atoms with Crippen LogP contribution in [0, 0.1) is 0 Å². The second-order valence-corrected chi connectivity index (χ2v) is 8.46. The van der Waals surface area contributed by atoms with Gasteiger partial charge in [-0.25, -0.2) is 8.42 Å². The van der Waals surface area contributed by atoms with Gasteiger partial charge in [-0.15, -0.1) is 0 Å². The first kappa shape index (κ1) is 17.7. The number of piperazine rings is 1. The highest BCUT2D eigenvalue weighted by Gasteiger charge is 2.31. The van der Waals surface area contributed by atoms with Crippen LogP contribution in [0.1, 0.15) is 19.3 Å². The highest BCUT2D eigenvalue weighted by Crippen LogP contribution is 2.19. The molecule has 0 bridgehead atoms. The summed E-state index contributed by atoms with van der Waals surface area (Å²) in [4.78, 5) is 1.78. The number of sulfonamides is 1. The Morgan fingerprint density at radius 3 is 2.50 bits per heavy atom. The van der Waals surface area contributed by atoms with Crippen molar-refractivity contribution in [2.75, 3.05) is 46.4 Å². The molecule has 2 aliphatic rings. The molecule has 2 fully saturated rings. The van der Waals surface area contributed by atoms with E-state index in [9.17, 15) is 8.42 Å². The van der Waals surface area contributed by atoms with Gasteiger partial charge < -0.3 is 14.4 Å². The molecule has 0 amide bonds. The molecule has 6 nitrogen and oxygen atoms in total. The maximum absolute atomic E-state index is 12.7. The van der Waals surface area contributed by atoms with Gasteiger partial charge in [-0.05, 0) is 43.5 Å². The Hall–Kier alpha value is -1.15. The first-order chi connectivity index (χ1) is 11.6. The van der Waals surface area contributed by atoms with Crippen molar-refractivity contribution in [2.45, 2.75) is 30.3 Å². The summed E-state index contributed by atoms with van der Waals surface area (Å²) in [5.41, 5.74) is 0. The molecule has 24 heavy (non-hydrogen) atoms. The zero-order valence-electron chi connectivity index (χ0n) is 14.2. The summed E-state index contributed by atoms with van der Waals surface area (Å²) in [5, 5.41) is 0. The molecule has 0 aliphatic carbocycles. The van der Waals surface area contributed by atoms with Crippen LogP contribution in [-0.4, -0.2) is 65.3 Å². The van der Waals surface area contributed by atoms with Gasteiger partial charge >= 0.3 is 0 Å². The van der Waals surface area contributed by atoms with Crippen molar-refractivity contribution in [1.29, 1.82) is 0 Å². The lowest BCUT2D eigenvalue weighted by Crippen LogP contribution is -3.15. The molecule has 0 spiro atoms. The van der Waals surface area contributed by atoms with Gasteiger partial charge in [-0.1, -0.05) is 0 Å². The zero-order valence-corrected chi connectivity index (χ0v) is 15.1. The number of benzene rings is 1. The van der Waals surface area contributed by atoms with Crippen LogP contribution in [0.2, 0.25) is 0 Å². The predicted octanol–water partition coefficient (Wildman–Crippen LogP) is 0.154. The van der Waals surface area contributed by atoms with Gasteiger partial charge in [0, 0.05) is 6.61 Å². The van der Waals surface area contributed by atoms with Crippen LogP contribution in [-0.2, 0) is 14.8 Å². The minimum absolute atomic E-state index is 0.336. The van der Waals surface area contributed by atoms with Crippen molar-refractivity contribution in [2.24, 2.45) is 0 Å². The van der Waals surface area contributed by atoms with E-state index in [4.69, 9.17) is 9.47 Å². The lowest BCUT2D eigenvalue weighted by Gasteiger charge is -2.34. The van der Waals surface area contributed by atoms with Crippen molar-refractivity contribution < 1.29 is 22.8 Å². The number of rotatable bonds is 5. The fraction of sp³-hybridized carbons (Fsp3) is 0.647. The minimum atomic E-state index is -3.41. The molecule has 0 unspecified atom stereocenters. The number of nitrogens with one attached hydrogen (secondary N) is 1. The van der Waals surface area contributed by atoms with Crippen LogP contribution in [0.3, 0.4) is 0 Å². The lowest BCUT2D eigenvalue weighted by molar-refractivity contribution is -0.907. The first-order valence-corrected chi connectivity index (χ1v) is 10.1. The number of methoxy groups -OCH3 is 1. The molecule has 2 saturated heterocycles. The molecule has 1 atom stereocenters. The van der Waals surface area contributed by atoms with Crippen LogP contribution in [0.5, 0.6) is 5.75 Å². The highest BCUT2D eigenvalue weighted by molar-refractivity contribution is 7.89. The number of hydrogen-bond acceptors (Lipinski definition) is 4. The third-order valence-electron chi connectivity index (χ3n) is 4.92. The average Bonchev–Trinajstić information content (AvgIpc) is 2.63. The molecular formula is C17H27N2O4S+. The van der Waals surface area contributed by atoms with E-state index in [0.717, 1.165) is 32.7 Å². The van der Waals surface area contributed by atoms with Crippen molar-refractivity contribution in [1.82, 2.24) is 4.31 Å². The van der Waals surface area contributed by atoms with Gasteiger partial charge in [0.25, 0.3) is 0 Å². The average molecular weight is 355 g/mol. The summed E-state index contributed by atoms with van der Waals surface area (Å²) >= 11 is 0. The molecule has 1 aromatic carbocycles. The minimum Gasteiger partial charge on any atom is -0.497 e. The fourth-order valence-electron chi connectivity index (χ4n) is 3.43. The van der Waals surface area contributed by atoms with E-state index in [-0.39, 0.29) is 0 Å². The molecule has 3 rings (SSSR count). The maximum Gasteiger partial charge on any atom is 0.243 e. The summed E-state index contributed by atoms with van der Waals surface area (Å²) in [6.07, 6.45) is 3.89. The van der Waals surface area contributed by atoms with E-state index >= 15 is 0 Å². The largest absolute Gasteiger partial charge is 0.497 e. The Balaban J connectivity index is 1.56. The van der Waals surface area contributed by atoms with Crippen LogP contribution >= 0.6 is 0 Å². The SMILES string of the molecule is COc1ccc(S(=O)(=O)N2CC[NH+](C[C@@H]3CCCCO3)CC2)cc1. The van der Waals surface area contributed by atoms with E-state index in [2.05, 4.69) is 0 Å². The van der Waals surface area contributed by atoms with Crippen molar-refractivity contribution in [3.63, 3.8) is 0 Å². The monoisotopic (exact) mass is 355 g/mol. The quantitative estimate of drug-likeness (QED) is 0.817. The van der Waals surface area contributed by atoms with Gasteiger partial charge in [-0.3, -0.25) is 0 Å². The second-order valence-electron chi connectivity index (χ2n) is 6.52. The van der Waals surface area contributed by atoms with E-state index in [1.807, 2.05) is 0 Å². The third-order valence-corrected chi connectivity index (χ3v) is 6.83. The molecule has 0 radical (unpaired) electrons. The zero-order chi connectivity index (χ0) is 17.0. The molecule has 134 valence electrons. The molecule has 7 heteroatoms. The van der Waals surface area contributed by atoms with Crippen molar-refractivity contribution >= 4 is 10.0 Å². The van der Waals surface area contributed by atoms with Gasteiger partial charge in [0.15, 0.2) is 0 Å². The Labute approximate surface area is 144 Å². The van der Waals surface area contributed by atoms with Gasteiger partial charge in [-0.2, -0.15) is 4.31 Å².